The molecule has 1 aliphatic rings. The summed E-state index contributed by atoms with van der Waals surface area (Å²) in [6.45, 7) is 0. The molecule has 0 aromatic heterocycles. The molecular weight excluding hydrogens is 406 g/mol. The van der Waals surface area contributed by atoms with Crippen LogP contribution < -0.4 is 19.5 Å². The van der Waals surface area contributed by atoms with Crippen LogP contribution >= 0.6 is 0 Å². The van der Waals surface area contributed by atoms with Crippen molar-refractivity contribution in [3.05, 3.63) is 72.8 Å². The molecule has 0 bridgehead atoms. The molecule has 5 rings (SSSR count). The molecule has 0 atom stereocenters. The van der Waals surface area contributed by atoms with E-state index in [1.165, 1.54) is 14.2 Å². The van der Waals surface area contributed by atoms with Crippen molar-refractivity contribution in [1.82, 2.24) is 0 Å². The van der Waals surface area contributed by atoms with Gasteiger partial charge in [0.1, 0.15) is 0 Å². The van der Waals surface area contributed by atoms with Gasteiger partial charge in [-0.2, -0.15) is 0 Å². The third-order valence-corrected chi connectivity index (χ3v) is 5.48. The van der Waals surface area contributed by atoms with Gasteiger partial charge < -0.3 is 29.7 Å². The van der Waals surface area contributed by atoms with Gasteiger partial charge in [0.25, 0.3) is 0 Å². The summed E-state index contributed by atoms with van der Waals surface area (Å²) in [6, 6.07) is 22.3. The molecule has 0 saturated carbocycles. The van der Waals surface area contributed by atoms with Gasteiger partial charge in [-0.3, -0.25) is 0 Å². The molecule has 3 N–H and O–H groups in total. The predicted molar refractivity (Wildman–Crippen MR) is 124 cm³/mol. The van der Waals surface area contributed by atoms with Crippen LogP contribution in [-0.4, -0.2) is 24.4 Å². The van der Waals surface area contributed by atoms with E-state index in [2.05, 4.69) is 5.32 Å². The van der Waals surface area contributed by atoms with Crippen molar-refractivity contribution >= 4 is 11.4 Å². The Bertz CT molecular complexity index is 1230. The van der Waals surface area contributed by atoms with Crippen LogP contribution in [-0.2, 0) is 0 Å². The Morgan fingerprint density at radius 1 is 0.594 bits per heavy atom. The average molecular weight is 427 g/mol. The number of hydrogen-bond donors (Lipinski definition) is 3. The van der Waals surface area contributed by atoms with Crippen LogP contribution in [0.5, 0.6) is 34.5 Å². The topological polar surface area (TPSA) is 80.2 Å². The minimum absolute atomic E-state index is 0.0967. The molecular formula is C26H21NO5. The van der Waals surface area contributed by atoms with Crippen molar-refractivity contribution in [2.45, 2.75) is 0 Å². The molecule has 0 aliphatic carbocycles. The van der Waals surface area contributed by atoms with Gasteiger partial charge in [0.2, 0.25) is 0 Å². The Kier molecular flexibility index (Phi) is 4.75. The third-order valence-electron chi connectivity index (χ3n) is 5.48. The summed E-state index contributed by atoms with van der Waals surface area (Å²) < 4.78 is 16.7. The molecule has 6 nitrogen and oxygen atoms in total. The molecule has 160 valence electrons. The smallest absolute Gasteiger partial charge is 0.161 e. The highest BCUT2D eigenvalue weighted by atomic mass is 16.5. The molecule has 0 spiro atoms. The maximum Gasteiger partial charge on any atom is 0.161 e. The Hall–Kier alpha value is -4.32. The molecule has 0 amide bonds. The van der Waals surface area contributed by atoms with E-state index >= 15 is 0 Å². The second kappa shape index (κ2) is 7.74. The van der Waals surface area contributed by atoms with E-state index in [1.54, 1.807) is 24.3 Å². The third kappa shape index (κ3) is 3.41. The Balaban J connectivity index is 1.49. The minimum atomic E-state index is 0.0967. The summed E-state index contributed by atoms with van der Waals surface area (Å²) in [7, 11) is 3.05. The van der Waals surface area contributed by atoms with Gasteiger partial charge in [0.05, 0.1) is 25.6 Å². The highest BCUT2D eigenvalue weighted by molar-refractivity contribution is 5.82. The number of hydrogen-bond acceptors (Lipinski definition) is 6. The number of phenolic OH excluding ortho intramolecular Hbond substituents is 2. The van der Waals surface area contributed by atoms with Crippen LogP contribution in [0.25, 0.3) is 22.3 Å². The summed E-state index contributed by atoms with van der Waals surface area (Å²) in [6.07, 6.45) is 0. The van der Waals surface area contributed by atoms with Crippen LogP contribution in [0.3, 0.4) is 0 Å². The Labute approximate surface area is 185 Å². The van der Waals surface area contributed by atoms with Gasteiger partial charge in [-0.05, 0) is 70.8 Å². The van der Waals surface area contributed by atoms with Crippen LogP contribution in [0.4, 0.5) is 11.4 Å². The maximum atomic E-state index is 9.87. The van der Waals surface area contributed by atoms with Crippen molar-refractivity contribution in [3.63, 3.8) is 0 Å². The lowest BCUT2D eigenvalue weighted by Gasteiger charge is -2.23. The van der Waals surface area contributed by atoms with Gasteiger partial charge >= 0.3 is 0 Å². The van der Waals surface area contributed by atoms with E-state index in [9.17, 15) is 10.2 Å². The van der Waals surface area contributed by atoms with Crippen LogP contribution in [0.1, 0.15) is 0 Å². The van der Waals surface area contributed by atoms with E-state index < -0.39 is 0 Å². The SMILES string of the molecule is COc1cc(-c2ccc3c(c2)Oc2cc(-c4ccc(O)c(OC)c4)ccc2N3)ccc1O. The van der Waals surface area contributed by atoms with Gasteiger partial charge in [-0.15, -0.1) is 0 Å². The average Bonchev–Trinajstić information content (AvgIpc) is 2.82. The van der Waals surface area contributed by atoms with Crippen molar-refractivity contribution in [2.24, 2.45) is 0 Å². The summed E-state index contributed by atoms with van der Waals surface area (Å²) in [5, 5.41) is 23.1. The van der Waals surface area contributed by atoms with E-state index in [-0.39, 0.29) is 11.5 Å². The summed E-state index contributed by atoms with van der Waals surface area (Å²) in [5.74, 6) is 2.42. The summed E-state index contributed by atoms with van der Waals surface area (Å²) in [5.41, 5.74) is 5.42. The maximum absolute atomic E-state index is 9.87. The van der Waals surface area contributed by atoms with E-state index in [4.69, 9.17) is 14.2 Å². The molecule has 32 heavy (non-hydrogen) atoms. The number of benzene rings is 4. The number of rotatable bonds is 4. The number of phenols is 2. The number of nitrogens with one attached hydrogen (secondary N) is 1. The largest absolute Gasteiger partial charge is 0.504 e. The lowest BCUT2D eigenvalue weighted by Crippen LogP contribution is -2.03. The minimum Gasteiger partial charge on any atom is -0.504 e. The predicted octanol–water partition coefficient (Wildman–Crippen LogP) is 6.30. The number of aromatic hydroxyl groups is 2. The lowest BCUT2D eigenvalue weighted by molar-refractivity contribution is 0.373. The molecule has 1 aliphatic heterocycles. The zero-order valence-electron chi connectivity index (χ0n) is 17.5. The van der Waals surface area contributed by atoms with Crippen LogP contribution in [0.15, 0.2) is 72.8 Å². The first-order chi connectivity index (χ1) is 15.6. The number of fused-ring (bicyclic) bond motifs is 2. The summed E-state index contributed by atoms with van der Waals surface area (Å²) in [4.78, 5) is 0. The van der Waals surface area contributed by atoms with Crippen molar-refractivity contribution in [2.75, 3.05) is 19.5 Å². The zero-order chi connectivity index (χ0) is 22.2. The molecule has 4 aromatic rings. The fourth-order valence-corrected chi connectivity index (χ4v) is 3.76. The Morgan fingerprint density at radius 3 is 1.44 bits per heavy atom. The quantitative estimate of drug-likeness (QED) is 0.312. The molecule has 0 unspecified atom stereocenters. The fraction of sp³-hybridized carbons (Fsp3) is 0.0769. The van der Waals surface area contributed by atoms with Crippen LogP contribution in [0.2, 0.25) is 0 Å². The molecule has 0 radical (unpaired) electrons. The molecule has 0 fully saturated rings. The highest BCUT2D eigenvalue weighted by Crippen LogP contribution is 2.45. The van der Waals surface area contributed by atoms with Gasteiger partial charge in [-0.25, -0.2) is 0 Å². The summed E-state index contributed by atoms with van der Waals surface area (Å²) >= 11 is 0. The first-order valence-electron chi connectivity index (χ1n) is 10.0. The first-order valence-corrected chi connectivity index (χ1v) is 10.0. The second-order valence-corrected chi connectivity index (χ2v) is 7.42. The van der Waals surface area contributed by atoms with Crippen molar-refractivity contribution in [3.8, 4) is 56.8 Å². The molecule has 0 saturated heterocycles. The molecule has 1 heterocycles. The lowest BCUT2D eigenvalue weighted by atomic mass is 10.0. The van der Waals surface area contributed by atoms with Gasteiger partial charge in [0.15, 0.2) is 34.5 Å². The van der Waals surface area contributed by atoms with Crippen molar-refractivity contribution in [1.29, 1.82) is 0 Å². The Morgan fingerprint density at radius 2 is 1.00 bits per heavy atom. The second-order valence-electron chi connectivity index (χ2n) is 7.42. The van der Waals surface area contributed by atoms with Gasteiger partial charge in [0, 0.05) is 0 Å². The highest BCUT2D eigenvalue weighted by Gasteiger charge is 2.19. The van der Waals surface area contributed by atoms with E-state index in [0.29, 0.717) is 23.0 Å². The normalized spacial score (nSPS) is 11.6. The van der Waals surface area contributed by atoms with E-state index in [0.717, 1.165) is 33.6 Å². The monoisotopic (exact) mass is 427 g/mol. The number of ether oxygens (including phenoxy) is 3. The van der Waals surface area contributed by atoms with Crippen LogP contribution in [0, 0.1) is 0 Å². The molecule has 6 heteroatoms. The number of anilines is 2. The van der Waals surface area contributed by atoms with Gasteiger partial charge in [-0.1, -0.05) is 24.3 Å². The number of methoxy groups -OCH3 is 2. The fourth-order valence-electron chi connectivity index (χ4n) is 3.76. The standard InChI is InChI=1S/C26H21NO5/c1-30-25-13-17(5-9-21(25)28)15-3-7-19-23(11-15)32-24-12-16(4-8-20(24)27-19)18-6-10-22(29)26(14-18)31-2/h3-14,27-29H,1-2H3. The van der Waals surface area contributed by atoms with Crippen molar-refractivity contribution < 1.29 is 24.4 Å². The first kappa shape index (κ1) is 19.6. The molecule has 4 aromatic carbocycles. The zero-order valence-corrected chi connectivity index (χ0v) is 17.5. The van der Waals surface area contributed by atoms with E-state index in [1.807, 2.05) is 48.5 Å².